The molecule has 0 aliphatic carbocycles. The molecule has 36 nitrogen and oxygen atoms in total. The maximum atomic E-state index is 12.4. The Morgan fingerprint density at radius 1 is 0.512 bits per heavy atom. The van der Waals surface area contributed by atoms with Crippen molar-refractivity contribution in [3.63, 3.8) is 0 Å². The van der Waals surface area contributed by atoms with Gasteiger partial charge in [-0.2, -0.15) is 0 Å². The van der Waals surface area contributed by atoms with Crippen LogP contribution in [0.3, 0.4) is 0 Å². The molecule has 2 fully saturated rings. The quantitative estimate of drug-likeness (QED) is 0.00550. The molecule has 12 rings (SSSR count). The second-order valence-corrected chi connectivity index (χ2v) is 26.9. The number of aldehydes is 1. The minimum atomic E-state index is -1.44. The Kier molecular flexibility index (Phi) is 55.8. The van der Waals surface area contributed by atoms with Crippen LogP contribution in [0, 0.1) is 0 Å². The van der Waals surface area contributed by atoms with Crippen LogP contribution in [0.4, 0.5) is 0 Å². The number of aromatic nitrogens is 4. The number of carbonyl (C=O) groups excluding carboxylic acids is 8. The van der Waals surface area contributed by atoms with E-state index < -0.39 is 38.5 Å². The van der Waals surface area contributed by atoms with E-state index in [4.69, 9.17) is 83.0 Å². The average molecular weight is 1840 g/mol. The number of aliphatic hydroxyl groups is 1. The molecule has 693 valence electrons. The summed E-state index contributed by atoms with van der Waals surface area (Å²) < 4.78 is 92.4. The van der Waals surface area contributed by atoms with Gasteiger partial charge in [-0.15, -0.1) is 0 Å². The van der Waals surface area contributed by atoms with Gasteiger partial charge in [0.05, 0.1) is 99.4 Å². The molecule has 4 aromatic heterocycles. The van der Waals surface area contributed by atoms with Gasteiger partial charge >= 0.3 is 59.3 Å². The Morgan fingerprint density at radius 3 is 1.31 bits per heavy atom. The third-order valence-corrected chi connectivity index (χ3v) is 17.6. The van der Waals surface area contributed by atoms with E-state index in [9.17, 15) is 38.4 Å². The van der Waals surface area contributed by atoms with E-state index in [1.807, 2.05) is 114 Å². The van der Waals surface area contributed by atoms with Crippen LogP contribution < -0.4 is 52.6 Å². The number of amides is 2. The van der Waals surface area contributed by atoms with E-state index in [0.717, 1.165) is 104 Å². The van der Waals surface area contributed by atoms with Gasteiger partial charge < -0.3 is 96.7 Å². The number of hydrogen-bond donors (Lipinski definition) is 2. The third-order valence-electron chi connectivity index (χ3n) is 17.6. The Morgan fingerprint density at radius 2 is 0.899 bits per heavy atom. The molecule has 0 saturated carbocycles. The van der Waals surface area contributed by atoms with Gasteiger partial charge in [-0.1, -0.05) is 93.4 Å². The van der Waals surface area contributed by atoms with Crippen LogP contribution in [0.2, 0.25) is 0 Å². The average Bonchev–Trinajstić information content (AvgIpc) is 1.56. The van der Waals surface area contributed by atoms with Gasteiger partial charge in [0.2, 0.25) is 24.0 Å². The van der Waals surface area contributed by atoms with Gasteiger partial charge in [-0.3, -0.25) is 38.6 Å². The molecule has 2 N–H and O–H groups in total. The van der Waals surface area contributed by atoms with Crippen molar-refractivity contribution in [2.45, 2.75) is 60.6 Å². The molecule has 129 heavy (non-hydrogen) atoms. The minimum absolute atomic E-state index is 0. The molecule has 39 heteroatoms. The van der Waals surface area contributed by atoms with E-state index in [1.165, 1.54) is 39.0 Å². The first-order chi connectivity index (χ1) is 61.2. The summed E-state index contributed by atoms with van der Waals surface area (Å²) in [6, 6.07) is 43.0. The summed E-state index contributed by atoms with van der Waals surface area (Å²) in [5.74, 6) is 4.37. The number of hydrogen-bond acceptors (Lipinski definition) is 34. The molecular weight excluding hydrogens is 1730 g/mol. The van der Waals surface area contributed by atoms with E-state index in [-0.39, 0.29) is 93.5 Å². The fraction of sp³-hybridized carbons (Fsp3) is 0.356. The van der Waals surface area contributed by atoms with Crippen LogP contribution in [-0.2, 0) is 78.5 Å². The number of benzene rings is 6. The van der Waals surface area contributed by atoms with Gasteiger partial charge in [0.15, 0.2) is 52.5 Å². The summed E-state index contributed by atoms with van der Waals surface area (Å²) in [7, 11) is 19.9. The molecule has 10 aromatic rings. The Bertz CT molecular complexity index is 5080. The summed E-state index contributed by atoms with van der Waals surface area (Å²) in [6.07, 6.45) is 7.75. The van der Waals surface area contributed by atoms with E-state index in [2.05, 4.69) is 30.8 Å². The number of esters is 3. The second-order valence-electron chi connectivity index (χ2n) is 26.7. The van der Waals surface area contributed by atoms with Crippen LogP contribution >= 0.6 is 0 Å². The summed E-state index contributed by atoms with van der Waals surface area (Å²) in [6.45, 7) is 16.8. The van der Waals surface area contributed by atoms with Crippen LogP contribution in [0.1, 0.15) is 95.0 Å². The number of nitrogens with zero attached hydrogens (tertiary/aromatic N) is 9. The number of ether oxygens (including phenoxy) is 11. The summed E-state index contributed by atoms with van der Waals surface area (Å²) >= 11 is -1.44. The van der Waals surface area contributed by atoms with Crippen molar-refractivity contribution < 1.29 is 156 Å². The first-order valence-corrected chi connectivity index (χ1v) is 40.4. The number of aliphatic hydroxyl groups excluding tert-OH is 1. The number of carbonyl (C=O) groups is 8. The van der Waals surface area contributed by atoms with Crippen LogP contribution in [0.15, 0.2) is 200 Å². The number of piperazine rings is 2. The number of methoxy groups -OCH3 is 8. The van der Waals surface area contributed by atoms with Crippen LogP contribution in [-0.4, -0.2) is 279 Å². The molecule has 0 radical (unpaired) electrons. The molecule has 6 aromatic carbocycles. The van der Waals surface area contributed by atoms with Crippen molar-refractivity contribution in [2.24, 2.45) is 0 Å². The Labute approximate surface area is 780 Å². The third kappa shape index (κ3) is 39.6. The molecule has 2 aliphatic rings. The molecule has 0 spiro atoms. The molecule has 2 amide bonds. The monoisotopic (exact) mass is 1840 g/mol. The molecule has 6 heterocycles. The number of ketones is 2. The van der Waals surface area contributed by atoms with Gasteiger partial charge in [0.25, 0.3) is 0 Å². The van der Waals surface area contributed by atoms with Gasteiger partial charge in [-0.05, 0) is 108 Å². The van der Waals surface area contributed by atoms with E-state index in [0.29, 0.717) is 81.0 Å². The topological polar surface area (TPSA) is 425 Å². The molecule has 2 saturated heterocycles. The SMILES string of the molecule is CC(=O)N1CCNCC1.CCOC(=O)/C(=C\N(C)C)C(=O)c1cccc(OC)c1.CCOC(=O)CC(=O)c1cccc(OC)c1.CCOC(=O)c1cnoc1-c1cccc(OC)c1.COC(OC)N(C)C.COc1cccc(-c2oncc2C=O)c1.COc1cccc(-c2oncc2CN2CCN(C(C)=O)CC2)c1.COc1cccc(-c2oncc2CO)c1.[AlH3].[H-].[Li+].[O]=[Mn]=[O]. The maximum absolute atomic E-state index is 12.4. The Hall–Kier alpha value is -12.1. The second kappa shape index (κ2) is 63.7. The summed E-state index contributed by atoms with van der Waals surface area (Å²) in [5, 5.41) is 27.1. The van der Waals surface area contributed by atoms with Crippen molar-refractivity contribution in [3.8, 4) is 79.8 Å². The molecule has 2 aliphatic heterocycles. The zero-order chi connectivity index (χ0) is 93.6. The fourth-order valence-corrected chi connectivity index (χ4v) is 11.4. The fourth-order valence-electron chi connectivity index (χ4n) is 11.4. The van der Waals surface area contributed by atoms with Gasteiger partial charge in [0.1, 0.15) is 52.1 Å². The van der Waals surface area contributed by atoms with Crippen LogP contribution in [0.5, 0.6) is 34.5 Å². The molecule has 0 bridgehead atoms. The van der Waals surface area contributed by atoms with Crippen molar-refractivity contribution >= 4 is 64.9 Å². The molecule has 0 unspecified atom stereocenters. The number of rotatable bonds is 28. The zero-order valence-corrected chi connectivity index (χ0v) is 76.5. The van der Waals surface area contributed by atoms with Gasteiger partial charge in [0, 0.05) is 152 Å². The first-order valence-electron chi connectivity index (χ1n) is 39.4. The zero-order valence-electron chi connectivity index (χ0n) is 76.4. The van der Waals surface area contributed by atoms with E-state index in [1.54, 1.807) is 163 Å². The predicted octanol–water partition coefficient (Wildman–Crippen LogP) is 7.52. The predicted molar refractivity (Wildman–Crippen MR) is 472 cm³/mol. The molecular formula is C90H116AlLiMnN10O26. The van der Waals surface area contributed by atoms with Crippen molar-refractivity contribution in [3.05, 3.63) is 216 Å². The summed E-state index contributed by atoms with van der Waals surface area (Å²) in [4.78, 5) is 101. The van der Waals surface area contributed by atoms with Crippen LogP contribution in [0.25, 0.3) is 45.3 Å². The van der Waals surface area contributed by atoms with E-state index >= 15 is 0 Å². The first kappa shape index (κ1) is 113. The normalized spacial score (nSPS) is 11.6. The number of nitrogens with one attached hydrogen (secondary N) is 1. The standard InChI is InChI=1S/C17H21N3O3.C15H19NO4.C13H13NO4.C12H14O4.C11H11NO3.C11H9NO3.C6H12N2O.C5H13NO2.Al.Li.Mn.2O.4H/c1-13(21)20-8-6-19(7-9-20)12-15-11-18-23-17(15)14-4-3-5-16(10-14)22-2;1-5-20-15(18)13(10-16(2)3)14(17)11-7-6-8-12(9-11)19-4;1-3-17-13(15)11-8-14-18-12(11)9-5-4-6-10(7-9)16-2;1-3-16-12(14)8-11(13)9-5-4-6-10(7-9)15-2;2*1-14-10-4-2-3-8(5-10)11-9(7-13)6-12-15-11;1-6(9)8-4-2-7-3-5-8;1-6(2)5(7-3)8-4;;;;;;;;;/h3-5,10-11H,6-9,12H2,1-2H3;6-10H,5H2,1-4H3;4-8H,3H2,1-2H3;4-7H,3,8H2,1-2H3;2-6,13H,7H2,1H3;2-7H,1H3;7H,2-5H2,1H3;5H,1-4H3;;;;;;;;;/q;;;;;;;;;+1;;;;;;;-1/b;13-10-;;;;;;;;;;;;;;;. The number of Topliss-reactive ketones (excluding diaryl/α,β-unsaturated/α-hetero) is 2. The van der Waals surface area contributed by atoms with Crippen molar-refractivity contribution in [1.82, 2.24) is 50.4 Å². The van der Waals surface area contributed by atoms with Crippen molar-refractivity contribution in [1.29, 1.82) is 0 Å². The summed E-state index contributed by atoms with van der Waals surface area (Å²) in [5.41, 5.74) is 6.58. The van der Waals surface area contributed by atoms with Gasteiger partial charge in [-0.25, -0.2) is 9.59 Å². The Balaban J connectivity index is 0.000000748. The molecule has 0 atom stereocenters. The van der Waals surface area contributed by atoms with Crippen molar-refractivity contribution in [2.75, 3.05) is 157 Å².